The molecule has 0 bridgehead atoms. The van der Waals surface area contributed by atoms with Crippen molar-refractivity contribution in [1.82, 2.24) is 10.2 Å². The highest BCUT2D eigenvalue weighted by Gasteiger charge is 2.21. The van der Waals surface area contributed by atoms with Gasteiger partial charge in [0.2, 0.25) is 0 Å². The van der Waals surface area contributed by atoms with Crippen LogP contribution in [0, 0.1) is 5.82 Å². The highest BCUT2D eigenvalue weighted by molar-refractivity contribution is 6.31. The maximum Gasteiger partial charge on any atom is 0.254 e. The zero-order valence-corrected chi connectivity index (χ0v) is 14.7. The van der Waals surface area contributed by atoms with Gasteiger partial charge in [-0.2, -0.15) is 0 Å². The van der Waals surface area contributed by atoms with Gasteiger partial charge in [-0.1, -0.05) is 55.8 Å². The summed E-state index contributed by atoms with van der Waals surface area (Å²) in [4.78, 5) is 14.5. The fraction of sp³-hybridized carbons (Fsp3) is 0.316. The first-order valence-corrected chi connectivity index (χ1v) is 8.47. The van der Waals surface area contributed by atoms with Crippen molar-refractivity contribution in [3.63, 3.8) is 0 Å². The number of carbonyl (C=O) groups is 1. The Labute approximate surface area is 147 Å². The molecule has 2 aromatic carbocycles. The van der Waals surface area contributed by atoms with Crippen LogP contribution >= 0.6 is 11.6 Å². The third kappa shape index (κ3) is 4.34. The molecule has 0 unspecified atom stereocenters. The SMILES string of the molecule is CCN(CC)[C@H](CNC(=O)c1ccccc1F)c1ccccc1Cl. The molecule has 0 aliphatic rings. The highest BCUT2D eigenvalue weighted by Crippen LogP contribution is 2.27. The summed E-state index contributed by atoms with van der Waals surface area (Å²) in [5, 5.41) is 3.50. The minimum atomic E-state index is -0.521. The lowest BCUT2D eigenvalue weighted by Gasteiger charge is -2.31. The molecule has 2 aromatic rings. The van der Waals surface area contributed by atoms with E-state index in [1.54, 1.807) is 12.1 Å². The first-order valence-electron chi connectivity index (χ1n) is 8.09. The summed E-state index contributed by atoms with van der Waals surface area (Å²) in [5.74, 6) is -0.940. The van der Waals surface area contributed by atoms with Gasteiger partial charge in [0.05, 0.1) is 11.6 Å². The molecule has 1 amide bonds. The van der Waals surface area contributed by atoms with Crippen molar-refractivity contribution in [2.45, 2.75) is 19.9 Å². The lowest BCUT2D eigenvalue weighted by molar-refractivity contribution is 0.0931. The molecule has 0 saturated heterocycles. The second kappa shape index (κ2) is 8.81. The smallest absolute Gasteiger partial charge is 0.254 e. The maximum atomic E-state index is 13.8. The molecular weight excluding hydrogens is 327 g/mol. The standard InChI is InChI=1S/C19H22ClFN2O/c1-3-23(4-2)18(14-9-5-7-11-16(14)20)13-22-19(24)15-10-6-8-12-17(15)21/h5-12,18H,3-4,13H2,1-2H3,(H,22,24)/t18-/m1/s1. The molecule has 3 nitrogen and oxygen atoms in total. The van der Waals surface area contributed by atoms with Crippen LogP contribution in [0.25, 0.3) is 0 Å². The Kier molecular flexibility index (Phi) is 6.76. The van der Waals surface area contributed by atoms with Crippen LogP contribution in [0.1, 0.15) is 35.8 Å². The van der Waals surface area contributed by atoms with Crippen LogP contribution in [0.2, 0.25) is 5.02 Å². The number of likely N-dealkylation sites (N-methyl/N-ethyl adjacent to an activating group) is 1. The van der Waals surface area contributed by atoms with Gasteiger partial charge in [-0.25, -0.2) is 4.39 Å². The molecule has 0 saturated carbocycles. The van der Waals surface area contributed by atoms with Crippen LogP contribution in [0.3, 0.4) is 0 Å². The molecule has 0 spiro atoms. The third-order valence-electron chi connectivity index (χ3n) is 4.09. The number of amides is 1. The molecule has 0 radical (unpaired) electrons. The second-order valence-electron chi connectivity index (χ2n) is 5.45. The topological polar surface area (TPSA) is 32.3 Å². The highest BCUT2D eigenvalue weighted by atomic mass is 35.5. The Morgan fingerprint density at radius 2 is 1.75 bits per heavy atom. The summed E-state index contributed by atoms with van der Waals surface area (Å²) in [7, 11) is 0. The average molecular weight is 349 g/mol. The molecular formula is C19H22ClFN2O. The number of halogens is 2. The van der Waals surface area contributed by atoms with Crippen molar-refractivity contribution in [2.75, 3.05) is 19.6 Å². The van der Waals surface area contributed by atoms with E-state index >= 15 is 0 Å². The molecule has 24 heavy (non-hydrogen) atoms. The first-order chi connectivity index (χ1) is 11.6. The summed E-state index contributed by atoms with van der Waals surface area (Å²) in [6.45, 7) is 6.13. The van der Waals surface area contributed by atoms with Crippen LogP contribution in [0.5, 0.6) is 0 Å². The number of nitrogens with zero attached hydrogens (tertiary/aromatic N) is 1. The largest absolute Gasteiger partial charge is 0.350 e. The molecule has 1 atom stereocenters. The van der Waals surface area contributed by atoms with E-state index < -0.39 is 11.7 Å². The summed E-state index contributed by atoms with van der Waals surface area (Å²) in [6.07, 6.45) is 0. The van der Waals surface area contributed by atoms with Crippen molar-refractivity contribution in [3.8, 4) is 0 Å². The first kappa shape index (κ1) is 18.4. The molecule has 0 aliphatic heterocycles. The van der Waals surface area contributed by atoms with Gasteiger partial charge >= 0.3 is 0 Å². The second-order valence-corrected chi connectivity index (χ2v) is 5.86. The Balaban J connectivity index is 2.19. The van der Waals surface area contributed by atoms with E-state index in [0.717, 1.165) is 18.7 Å². The van der Waals surface area contributed by atoms with E-state index in [4.69, 9.17) is 11.6 Å². The molecule has 0 heterocycles. The van der Waals surface area contributed by atoms with Gasteiger partial charge in [0.25, 0.3) is 5.91 Å². The minimum absolute atomic E-state index is 0.0509. The summed E-state index contributed by atoms with van der Waals surface area (Å²) < 4.78 is 13.8. The Bertz CT molecular complexity index is 689. The lowest BCUT2D eigenvalue weighted by atomic mass is 10.0. The predicted octanol–water partition coefficient (Wildman–Crippen LogP) is 4.29. The zero-order valence-electron chi connectivity index (χ0n) is 13.9. The fourth-order valence-corrected chi connectivity index (χ4v) is 3.04. The monoisotopic (exact) mass is 348 g/mol. The van der Waals surface area contributed by atoms with Gasteiger partial charge in [0.15, 0.2) is 0 Å². The van der Waals surface area contributed by atoms with E-state index in [2.05, 4.69) is 24.1 Å². The van der Waals surface area contributed by atoms with Gasteiger partial charge < -0.3 is 5.32 Å². The average Bonchev–Trinajstić information content (AvgIpc) is 2.59. The molecule has 2 rings (SSSR count). The predicted molar refractivity (Wildman–Crippen MR) is 95.8 cm³/mol. The van der Waals surface area contributed by atoms with Crippen LogP contribution in [-0.2, 0) is 0 Å². The summed E-state index contributed by atoms with van der Waals surface area (Å²) in [5.41, 5.74) is 1.01. The van der Waals surface area contributed by atoms with Crippen molar-refractivity contribution in [1.29, 1.82) is 0 Å². The van der Waals surface area contributed by atoms with Crippen molar-refractivity contribution >= 4 is 17.5 Å². The zero-order chi connectivity index (χ0) is 17.5. The van der Waals surface area contributed by atoms with Crippen molar-refractivity contribution < 1.29 is 9.18 Å². The number of carbonyl (C=O) groups excluding carboxylic acids is 1. The maximum absolute atomic E-state index is 13.8. The number of hydrogen-bond acceptors (Lipinski definition) is 2. The van der Waals surface area contributed by atoms with Gasteiger partial charge in [0.1, 0.15) is 5.82 Å². The van der Waals surface area contributed by atoms with Gasteiger partial charge in [0, 0.05) is 11.6 Å². The number of nitrogens with one attached hydrogen (secondary N) is 1. The van der Waals surface area contributed by atoms with Crippen molar-refractivity contribution in [3.05, 3.63) is 70.5 Å². The van der Waals surface area contributed by atoms with Crippen molar-refractivity contribution in [2.24, 2.45) is 0 Å². The van der Waals surface area contributed by atoms with E-state index in [0.29, 0.717) is 11.6 Å². The molecule has 5 heteroatoms. The molecule has 0 fully saturated rings. The van der Waals surface area contributed by atoms with E-state index in [1.165, 1.54) is 12.1 Å². The van der Waals surface area contributed by atoms with Gasteiger partial charge in [-0.15, -0.1) is 0 Å². The number of benzene rings is 2. The third-order valence-corrected chi connectivity index (χ3v) is 4.44. The number of rotatable bonds is 7. The van der Waals surface area contributed by atoms with E-state index in [9.17, 15) is 9.18 Å². The van der Waals surface area contributed by atoms with Crippen LogP contribution in [-0.4, -0.2) is 30.4 Å². The summed E-state index contributed by atoms with van der Waals surface area (Å²) >= 11 is 6.34. The normalized spacial score (nSPS) is 12.2. The molecule has 128 valence electrons. The van der Waals surface area contributed by atoms with Crippen LogP contribution in [0.15, 0.2) is 48.5 Å². The fourth-order valence-electron chi connectivity index (χ4n) is 2.78. The lowest BCUT2D eigenvalue weighted by Crippen LogP contribution is -2.38. The van der Waals surface area contributed by atoms with Crippen LogP contribution < -0.4 is 5.32 Å². The quantitative estimate of drug-likeness (QED) is 0.809. The van der Waals surface area contributed by atoms with E-state index in [-0.39, 0.29) is 11.6 Å². The minimum Gasteiger partial charge on any atom is -0.350 e. The van der Waals surface area contributed by atoms with E-state index in [1.807, 2.05) is 24.3 Å². The molecule has 0 aromatic heterocycles. The Morgan fingerprint density at radius 1 is 1.12 bits per heavy atom. The molecule has 0 aliphatic carbocycles. The summed E-state index contributed by atoms with van der Waals surface area (Å²) in [6, 6.07) is 13.5. The molecule has 1 N–H and O–H groups in total. The number of hydrogen-bond donors (Lipinski definition) is 1. The van der Waals surface area contributed by atoms with Crippen LogP contribution in [0.4, 0.5) is 4.39 Å². The Morgan fingerprint density at radius 3 is 2.38 bits per heavy atom. The van der Waals surface area contributed by atoms with Gasteiger partial charge in [-0.05, 0) is 36.9 Å². The Hall–Kier alpha value is -1.91. The van der Waals surface area contributed by atoms with Gasteiger partial charge in [-0.3, -0.25) is 9.69 Å².